The maximum absolute atomic E-state index is 13.0. The van der Waals surface area contributed by atoms with Gasteiger partial charge in [0.15, 0.2) is 5.82 Å². The molecule has 2 aromatic carbocycles. The van der Waals surface area contributed by atoms with E-state index in [1.165, 1.54) is 0 Å². The molecule has 10 nitrogen and oxygen atoms in total. The number of urea groups is 1. The summed E-state index contributed by atoms with van der Waals surface area (Å²) in [6.45, 7) is 3.09. The normalized spacial score (nSPS) is 18.2. The van der Waals surface area contributed by atoms with Gasteiger partial charge in [-0.25, -0.2) is 9.59 Å². The van der Waals surface area contributed by atoms with E-state index in [-0.39, 0.29) is 5.82 Å². The van der Waals surface area contributed by atoms with Crippen LogP contribution in [0.25, 0.3) is 11.4 Å². The van der Waals surface area contributed by atoms with Gasteiger partial charge in [-0.1, -0.05) is 47.1 Å². The van der Waals surface area contributed by atoms with Gasteiger partial charge in [-0.15, -0.1) is 0 Å². The van der Waals surface area contributed by atoms with Crippen LogP contribution in [0.2, 0.25) is 0 Å². The molecule has 1 aromatic heterocycles. The lowest BCUT2D eigenvalue weighted by molar-refractivity contribution is -0.133. The summed E-state index contributed by atoms with van der Waals surface area (Å²) in [4.78, 5) is 52.3. The zero-order chi connectivity index (χ0) is 22.2. The van der Waals surface area contributed by atoms with E-state index in [1.807, 2.05) is 19.1 Å². The van der Waals surface area contributed by atoms with Crippen molar-refractivity contribution in [2.45, 2.75) is 19.4 Å². The molecule has 1 aliphatic heterocycles. The molecule has 1 aliphatic rings. The van der Waals surface area contributed by atoms with Crippen LogP contribution in [0.3, 0.4) is 0 Å². The number of aromatic nitrogens is 2. The van der Waals surface area contributed by atoms with Gasteiger partial charge in [-0.2, -0.15) is 0 Å². The fourth-order valence-corrected chi connectivity index (χ4v) is 3.37. The van der Waals surface area contributed by atoms with Gasteiger partial charge in [0.2, 0.25) is 5.91 Å². The van der Waals surface area contributed by atoms with Gasteiger partial charge >= 0.3 is 11.8 Å². The molecular weight excluding hydrogens is 402 g/mol. The fourth-order valence-electron chi connectivity index (χ4n) is 3.37. The number of aromatic amines is 1. The molecule has 0 bridgehead atoms. The molecule has 1 unspecified atom stereocenters. The predicted octanol–water partition coefficient (Wildman–Crippen LogP) is 1.74. The first-order chi connectivity index (χ1) is 14.8. The summed E-state index contributed by atoms with van der Waals surface area (Å²) < 4.78 is 4.48. The number of hydrogen-bond acceptors (Lipinski definition) is 6. The number of hydrogen-bond donors (Lipinski definition) is 3. The molecule has 1 fully saturated rings. The van der Waals surface area contributed by atoms with E-state index in [0.29, 0.717) is 16.8 Å². The van der Waals surface area contributed by atoms with Crippen LogP contribution in [0.15, 0.2) is 57.8 Å². The molecule has 1 saturated heterocycles. The van der Waals surface area contributed by atoms with Crippen molar-refractivity contribution in [2.24, 2.45) is 0 Å². The highest BCUT2D eigenvalue weighted by molar-refractivity contribution is 6.10. The summed E-state index contributed by atoms with van der Waals surface area (Å²) in [5, 5.41) is 8.91. The number of carbonyl (C=O) groups excluding carboxylic acids is 3. The third kappa shape index (κ3) is 3.82. The number of nitrogens with one attached hydrogen (secondary N) is 3. The van der Waals surface area contributed by atoms with Crippen molar-refractivity contribution < 1.29 is 18.9 Å². The topological polar surface area (TPSA) is 137 Å². The predicted molar refractivity (Wildman–Crippen MR) is 110 cm³/mol. The Hall–Kier alpha value is -4.21. The molecule has 158 valence electrons. The molecule has 4 rings (SSSR count). The Bertz CT molecular complexity index is 1230. The van der Waals surface area contributed by atoms with E-state index in [4.69, 9.17) is 0 Å². The maximum Gasteiger partial charge on any atom is 0.439 e. The van der Waals surface area contributed by atoms with E-state index in [9.17, 15) is 19.2 Å². The van der Waals surface area contributed by atoms with Crippen LogP contribution < -0.4 is 16.4 Å². The monoisotopic (exact) mass is 421 g/mol. The minimum atomic E-state index is -1.25. The van der Waals surface area contributed by atoms with Crippen LogP contribution in [0, 0.1) is 6.92 Å². The fraction of sp³-hybridized carbons (Fsp3) is 0.190. The molecule has 0 spiro atoms. The lowest BCUT2D eigenvalue weighted by atomic mass is 9.91. The van der Waals surface area contributed by atoms with E-state index in [2.05, 4.69) is 25.3 Å². The van der Waals surface area contributed by atoms with Crippen molar-refractivity contribution in [2.75, 3.05) is 11.9 Å². The zero-order valence-electron chi connectivity index (χ0n) is 16.8. The van der Waals surface area contributed by atoms with E-state index < -0.39 is 35.7 Å². The smallest absolute Gasteiger partial charge is 0.325 e. The molecule has 0 aliphatic carbocycles. The van der Waals surface area contributed by atoms with Gasteiger partial charge in [-0.3, -0.25) is 24.0 Å². The van der Waals surface area contributed by atoms with Gasteiger partial charge in [0.1, 0.15) is 12.1 Å². The first-order valence-corrected chi connectivity index (χ1v) is 9.44. The molecule has 10 heteroatoms. The molecule has 4 amide bonds. The van der Waals surface area contributed by atoms with Crippen molar-refractivity contribution in [3.8, 4) is 11.4 Å². The molecule has 1 atom stereocenters. The highest BCUT2D eigenvalue weighted by atomic mass is 16.5. The van der Waals surface area contributed by atoms with Crippen LogP contribution in [0.4, 0.5) is 10.5 Å². The average Bonchev–Trinajstić information content (AvgIpc) is 3.26. The Morgan fingerprint density at radius 3 is 2.58 bits per heavy atom. The van der Waals surface area contributed by atoms with E-state index in [1.54, 1.807) is 43.3 Å². The summed E-state index contributed by atoms with van der Waals surface area (Å²) in [6, 6.07) is 13.1. The summed E-state index contributed by atoms with van der Waals surface area (Å²) in [6.07, 6.45) is 0. The minimum Gasteiger partial charge on any atom is -0.325 e. The van der Waals surface area contributed by atoms with Crippen molar-refractivity contribution in [1.82, 2.24) is 20.4 Å². The molecule has 31 heavy (non-hydrogen) atoms. The Morgan fingerprint density at radius 2 is 1.90 bits per heavy atom. The van der Waals surface area contributed by atoms with Crippen LogP contribution in [0.1, 0.15) is 18.1 Å². The number of nitrogens with zero attached hydrogens (tertiary/aromatic N) is 2. The van der Waals surface area contributed by atoms with Gasteiger partial charge < -0.3 is 10.6 Å². The van der Waals surface area contributed by atoms with Crippen molar-refractivity contribution in [3.05, 3.63) is 70.2 Å². The van der Waals surface area contributed by atoms with Crippen molar-refractivity contribution in [1.29, 1.82) is 0 Å². The highest BCUT2D eigenvalue weighted by Crippen LogP contribution is 2.29. The molecule has 3 N–H and O–H groups in total. The second kappa shape index (κ2) is 7.56. The Labute approximate surface area is 176 Å². The minimum absolute atomic E-state index is 0.212. The second-order valence-corrected chi connectivity index (χ2v) is 7.39. The maximum atomic E-state index is 13.0. The number of anilines is 1. The zero-order valence-corrected chi connectivity index (χ0v) is 16.8. The molecule has 0 saturated carbocycles. The number of benzene rings is 2. The largest absolute Gasteiger partial charge is 0.439 e. The molecule has 3 aromatic rings. The van der Waals surface area contributed by atoms with Crippen LogP contribution >= 0.6 is 0 Å². The van der Waals surface area contributed by atoms with E-state index >= 15 is 0 Å². The number of rotatable bonds is 5. The van der Waals surface area contributed by atoms with Crippen LogP contribution in [0.5, 0.6) is 0 Å². The van der Waals surface area contributed by atoms with Gasteiger partial charge in [-0.05, 0) is 31.5 Å². The lowest BCUT2D eigenvalue weighted by Gasteiger charge is -2.22. The second-order valence-electron chi connectivity index (χ2n) is 7.39. The standard InChI is InChI=1S/C21H19N5O5/c1-12-6-8-14(9-7-12)21(2)18(28)26(19(29)24-21)11-16(27)22-15-5-3-4-13(10-15)17-23-20(30)31-25-17/h3-10H,11H2,1-2H3,(H,22,27)(H,24,29)(H,23,25,30). The Kier molecular flexibility index (Phi) is 4.90. The Morgan fingerprint density at radius 1 is 1.16 bits per heavy atom. The molecule has 2 heterocycles. The van der Waals surface area contributed by atoms with Gasteiger partial charge in [0.05, 0.1) is 0 Å². The van der Waals surface area contributed by atoms with Gasteiger partial charge in [0.25, 0.3) is 5.91 Å². The summed E-state index contributed by atoms with van der Waals surface area (Å²) >= 11 is 0. The highest BCUT2D eigenvalue weighted by Gasteiger charge is 2.49. The Balaban J connectivity index is 1.47. The first kappa shape index (κ1) is 20.1. The summed E-state index contributed by atoms with van der Waals surface area (Å²) in [7, 11) is 0. The average molecular weight is 421 g/mol. The number of carbonyl (C=O) groups is 3. The molecule has 0 radical (unpaired) electrons. The summed E-state index contributed by atoms with van der Waals surface area (Å²) in [5.74, 6) is -1.54. The van der Waals surface area contributed by atoms with Crippen molar-refractivity contribution >= 4 is 23.5 Å². The van der Waals surface area contributed by atoms with Crippen LogP contribution in [-0.4, -0.2) is 39.4 Å². The van der Waals surface area contributed by atoms with Gasteiger partial charge in [0, 0.05) is 11.3 Å². The molecular formula is C21H19N5O5. The quantitative estimate of drug-likeness (QED) is 0.537. The summed E-state index contributed by atoms with van der Waals surface area (Å²) in [5.41, 5.74) is 1.33. The SMILES string of the molecule is Cc1ccc(C2(C)NC(=O)N(CC(=O)Nc3cccc(-c4noc(=O)[nH]4)c3)C2=O)cc1. The number of amides is 4. The first-order valence-electron chi connectivity index (χ1n) is 9.44. The number of H-pyrrole nitrogens is 1. The number of imide groups is 1. The third-order valence-electron chi connectivity index (χ3n) is 5.07. The third-order valence-corrected chi connectivity index (χ3v) is 5.07. The lowest BCUT2D eigenvalue weighted by Crippen LogP contribution is -2.42. The number of aryl methyl sites for hydroxylation is 1. The van der Waals surface area contributed by atoms with E-state index in [0.717, 1.165) is 10.5 Å². The van der Waals surface area contributed by atoms with Crippen molar-refractivity contribution in [3.63, 3.8) is 0 Å². The van der Waals surface area contributed by atoms with Crippen LogP contribution in [-0.2, 0) is 15.1 Å².